The third-order valence-corrected chi connectivity index (χ3v) is 4.24. The summed E-state index contributed by atoms with van der Waals surface area (Å²) in [6, 6.07) is 12.5. The predicted octanol–water partition coefficient (Wildman–Crippen LogP) is 4.84. The topological polar surface area (TPSA) is 30.5 Å². The molecule has 0 unspecified atom stereocenters. The van der Waals surface area contributed by atoms with Gasteiger partial charge in [-0.1, -0.05) is 45.8 Å². The van der Waals surface area contributed by atoms with Crippen LogP contribution >= 0.6 is 15.9 Å². The van der Waals surface area contributed by atoms with Crippen molar-refractivity contribution < 1.29 is 9.47 Å². The number of nitrogens with one attached hydrogen (secondary N) is 1. The van der Waals surface area contributed by atoms with Crippen LogP contribution in [0.25, 0.3) is 0 Å². The molecular weight excluding hydrogens is 354 g/mol. The lowest BCUT2D eigenvalue weighted by Crippen LogP contribution is -2.16. The predicted molar refractivity (Wildman–Crippen MR) is 98.2 cm³/mol. The Bertz CT molecular complexity index is 639. The Balaban J connectivity index is 2.12. The number of ether oxygens (including phenoxy) is 2. The third kappa shape index (κ3) is 4.98. The van der Waals surface area contributed by atoms with Gasteiger partial charge in [0.1, 0.15) is 0 Å². The summed E-state index contributed by atoms with van der Waals surface area (Å²) >= 11 is 3.62. The average molecular weight is 378 g/mol. The van der Waals surface area contributed by atoms with Crippen LogP contribution in [-0.4, -0.2) is 13.2 Å². The van der Waals surface area contributed by atoms with E-state index in [1.54, 1.807) is 7.11 Å². The fourth-order valence-corrected chi connectivity index (χ4v) is 2.76. The van der Waals surface area contributed by atoms with Crippen molar-refractivity contribution >= 4 is 15.9 Å². The van der Waals surface area contributed by atoms with E-state index in [1.165, 1.54) is 11.1 Å². The maximum Gasteiger partial charge on any atom is 0.167 e. The van der Waals surface area contributed by atoms with Crippen LogP contribution in [-0.2, 0) is 13.1 Å². The van der Waals surface area contributed by atoms with Crippen LogP contribution in [0.1, 0.15) is 30.5 Å². The molecule has 2 rings (SSSR count). The minimum atomic E-state index is 0.0917. The molecule has 0 atom stereocenters. The number of rotatable bonds is 7. The zero-order chi connectivity index (χ0) is 16.8. The van der Waals surface area contributed by atoms with E-state index in [2.05, 4.69) is 52.4 Å². The van der Waals surface area contributed by atoms with Gasteiger partial charge in [-0.15, -0.1) is 0 Å². The number of aryl methyl sites for hydroxylation is 1. The van der Waals surface area contributed by atoms with Gasteiger partial charge in [-0.2, -0.15) is 0 Å². The third-order valence-electron chi connectivity index (χ3n) is 3.49. The van der Waals surface area contributed by atoms with Crippen molar-refractivity contribution in [2.24, 2.45) is 0 Å². The molecule has 0 spiro atoms. The number of halogens is 1. The van der Waals surface area contributed by atoms with E-state index in [-0.39, 0.29) is 6.10 Å². The smallest absolute Gasteiger partial charge is 0.167 e. The number of methoxy groups -OCH3 is 1. The summed E-state index contributed by atoms with van der Waals surface area (Å²) in [6.45, 7) is 7.65. The molecular formula is C19H24BrNO2. The van der Waals surface area contributed by atoms with Crippen molar-refractivity contribution in [1.29, 1.82) is 0 Å². The summed E-state index contributed by atoms with van der Waals surface area (Å²) in [7, 11) is 1.67. The van der Waals surface area contributed by atoms with E-state index in [4.69, 9.17) is 9.47 Å². The molecule has 124 valence electrons. The van der Waals surface area contributed by atoms with Gasteiger partial charge in [0.15, 0.2) is 11.5 Å². The molecule has 0 aliphatic heterocycles. The van der Waals surface area contributed by atoms with Crippen LogP contribution in [0, 0.1) is 6.92 Å². The van der Waals surface area contributed by atoms with Crippen molar-refractivity contribution in [2.45, 2.75) is 40.0 Å². The molecule has 2 aromatic carbocycles. The van der Waals surface area contributed by atoms with E-state index >= 15 is 0 Å². The highest BCUT2D eigenvalue weighted by Crippen LogP contribution is 2.36. The van der Waals surface area contributed by atoms with Gasteiger partial charge in [0.25, 0.3) is 0 Å². The van der Waals surface area contributed by atoms with Crippen molar-refractivity contribution in [2.75, 3.05) is 7.11 Å². The fourth-order valence-electron chi connectivity index (χ4n) is 2.31. The Morgan fingerprint density at radius 3 is 2.35 bits per heavy atom. The zero-order valence-corrected chi connectivity index (χ0v) is 15.7. The Morgan fingerprint density at radius 2 is 1.74 bits per heavy atom. The molecule has 0 aromatic heterocycles. The summed E-state index contributed by atoms with van der Waals surface area (Å²) in [5, 5.41) is 3.48. The molecule has 0 aliphatic carbocycles. The molecule has 0 radical (unpaired) electrons. The van der Waals surface area contributed by atoms with Crippen LogP contribution < -0.4 is 14.8 Å². The lowest BCUT2D eigenvalue weighted by Gasteiger charge is -2.19. The molecule has 0 fully saturated rings. The average Bonchev–Trinajstić information content (AvgIpc) is 2.51. The molecule has 1 N–H and O–H groups in total. The Labute approximate surface area is 147 Å². The van der Waals surface area contributed by atoms with Crippen molar-refractivity contribution in [3.05, 3.63) is 57.6 Å². The lowest BCUT2D eigenvalue weighted by molar-refractivity contribution is 0.227. The molecule has 0 heterocycles. The number of hydrogen-bond donors (Lipinski definition) is 1. The van der Waals surface area contributed by atoms with Crippen LogP contribution in [0.5, 0.6) is 11.5 Å². The van der Waals surface area contributed by atoms with Crippen LogP contribution in [0.4, 0.5) is 0 Å². The summed E-state index contributed by atoms with van der Waals surface area (Å²) in [5.41, 5.74) is 3.61. The highest BCUT2D eigenvalue weighted by Gasteiger charge is 2.15. The molecule has 0 amide bonds. The van der Waals surface area contributed by atoms with Gasteiger partial charge in [-0.25, -0.2) is 0 Å². The van der Waals surface area contributed by atoms with Gasteiger partial charge in [0, 0.05) is 23.1 Å². The van der Waals surface area contributed by atoms with Gasteiger partial charge in [0.2, 0.25) is 0 Å². The van der Waals surface area contributed by atoms with Crippen LogP contribution in [0.3, 0.4) is 0 Å². The van der Waals surface area contributed by atoms with Gasteiger partial charge in [-0.05, 0) is 38.5 Å². The highest BCUT2D eigenvalue weighted by atomic mass is 79.9. The van der Waals surface area contributed by atoms with Gasteiger partial charge < -0.3 is 14.8 Å². The van der Waals surface area contributed by atoms with E-state index < -0.39 is 0 Å². The molecule has 3 nitrogen and oxygen atoms in total. The van der Waals surface area contributed by atoms with E-state index in [9.17, 15) is 0 Å². The summed E-state index contributed by atoms with van der Waals surface area (Å²) in [5.74, 6) is 1.56. The maximum atomic E-state index is 5.97. The summed E-state index contributed by atoms with van der Waals surface area (Å²) in [4.78, 5) is 0. The first kappa shape index (κ1) is 17.8. The zero-order valence-electron chi connectivity index (χ0n) is 14.2. The number of hydrogen-bond acceptors (Lipinski definition) is 3. The summed E-state index contributed by atoms with van der Waals surface area (Å²) < 4.78 is 12.4. The standard InChI is InChI=1S/C19H24BrNO2/c1-13(2)23-19-16(17(20)9-10-18(19)22-4)12-21-11-15-7-5-14(3)6-8-15/h5-10,13,21H,11-12H2,1-4H3. The molecule has 0 bridgehead atoms. The molecule has 23 heavy (non-hydrogen) atoms. The SMILES string of the molecule is COc1ccc(Br)c(CNCc2ccc(C)cc2)c1OC(C)C. The number of benzene rings is 2. The minimum absolute atomic E-state index is 0.0917. The highest BCUT2D eigenvalue weighted by molar-refractivity contribution is 9.10. The fraction of sp³-hybridized carbons (Fsp3) is 0.368. The van der Waals surface area contributed by atoms with Crippen molar-refractivity contribution in [3.63, 3.8) is 0 Å². The largest absolute Gasteiger partial charge is 0.493 e. The Morgan fingerprint density at radius 1 is 1.04 bits per heavy atom. The van der Waals surface area contributed by atoms with Crippen LogP contribution in [0.2, 0.25) is 0 Å². The first-order valence-corrected chi connectivity index (χ1v) is 8.59. The van der Waals surface area contributed by atoms with Crippen molar-refractivity contribution in [1.82, 2.24) is 5.32 Å². The molecule has 0 saturated heterocycles. The molecule has 0 saturated carbocycles. The normalized spacial score (nSPS) is 10.9. The second kappa shape index (κ2) is 8.37. The first-order chi connectivity index (χ1) is 11.0. The monoisotopic (exact) mass is 377 g/mol. The molecule has 0 aliphatic rings. The maximum absolute atomic E-state index is 5.97. The van der Waals surface area contributed by atoms with Gasteiger partial charge in [0.05, 0.1) is 13.2 Å². The molecule has 2 aromatic rings. The molecule has 4 heteroatoms. The van der Waals surface area contributed by atoms with Gasteiger partial charge in [-0.3, -0.25) is 0 Å². The quantitative estimate of drug-likeness (QED) is 0.748. The Kier molecular flexibility index (Phi) is 6.48. The minimum Gasteiger partial charge on any atom is -0.493 e. The van der Waals surface area contributed by atoms with Crippen LogP contribution in [0.15, 0.2) is 40.9 Å². The van der Waals surface area contributed by atoms with E-state index in [0.29, 0.717) is 6.54 Å². The second-order valence-corrected chi connectivity index (χ2v) is 6.67. The van der Waals surface area contributed by atoms with Crippen molar-refractivity contribution in [3.8, 4) is 11.5 Å². The first-order valence-electron chi connectivity index (χ1n) is 7.79. The van der Waals surface area contributed by atoms with E-state index in [0.717, 1.165) is 28.1 Å². The van der Waals surface area contributed by atoms with E-state index in [1.807, 2.05) is 26.0 Å². The second-order valence-electron chi connectivity index (χ2n) is 5.81. The summed E-state index contributed by atoms with van der Waals surface area (Å²) in [6.07, 6.45) is 0.0917. The van der Waals surface area contributed by atoms with Gasteiger partial charge >= 0.3 is 0 Å². The Hall–Kier alpha value is -1.52. The lowest BCUT2D eigenvalue weighted by atomic mass is 10.1.